The van der Waals surface area contributed by atoms with Crippen molar-refractivity contribution in [3.63, 3.8) is 0 Å². The Balaban J connectivity index is 2.85. The SMILES string of the molecule is CCc1c(C(N)=O)cnc2[nH]cc(Cl)c12. The molecule has 0 atom stereocenters. The second-order valence-electron chi connectivity index (χ2n) is 3.23. The summed E-state index contributed by atoms with van der Waals surface area (Å²) in [4.78, 5) is 18.2. The highest BCUT2D eigenvalue weighted by Gasteiger charge is 2.14. The quantitative estimate of drug-likeness (QED) is 0.816. The van der Waals surface area contributed by atoms with Gasteiger partial charge in [0.15, 0.2) is 0 Å². The van der Waals surface area contributed by atoms with Crippen molar-refractivity contribution in [3.8, 4) is 0 Å². The predicted molar refractivity (Wildman–Crippen MR) is 59.0 cm³/mol. The van der Waals surface area contributed by atoms with Crippen molar-refractivity contribution in [2.75, 3.05) is 0 Å². The maximum Gasteiger partial charge on any atom is 0.250 e. The summed E-state index contributed by atoms with van der Waals surface area (Å²) in [5, 5.41) is 1.35. The summed E-state index contributed by atoms with van der Waals surface area (Å²) in [5.41, 5.74) is 7.23. The summed E-state index contributed by atoms with van der Waals surface area (Å²) >= 11 is 6.01. The first-order valence-electron chi connectivity index (χ1n) is 4.59. The maximum atomic E-state index is 11.2. The summed E-state index contributed by atoms with van der Waals surface area (Å²) < 4.78 is 0. The lowest BCUT2D eigenvalue weighted by Gasteiger charge is -2.05. The minimum atomic E-state index is -0.474. The first-order valence-corrected chi connectivity index (χ1v) is 4.97. The normalized spacial score (nSPS) is 10.8. The zero-order chi connectivity index (χ0) is 11.0. The van der Waals surface area contributed by atoms with Crippen molar-refractivity contribution in [2.24, 2.45) is 5.73 Å². The van der Waals surface area contributed by atoms with Crippen molar-refractivity contribution in [3.05, 3.63) is 28.5 Å². The van der Waals surface area contributed by atoms with Crippen LogP contribution in [0.4, 0.5) is 0 Å². The molecule has 2 aromatic heterocycles. The third-order valence-electron chi connectivity index (χ3n) is 2.38. The van der Waals surface area contributed by atoms with Gasteiger partial charge in [-0.1, -0.05) is 18.5 Å². The number of carbonyl (C=O) groups is 1. The fourth-order valence-electron chi connectivity index (χ4n) is 1.70. The van der Waals surface area contributed by atoms with Crippen LogP contribution in [0.25, 0.3) is 11.0 Å². The number of nitrogens with two attached hydrogens (primary N) is 1. The van der Waals surface area contributed by atoms with Crippen LogP contribution in [0, 0.1) is 0 Å². The van der Waals surface area contributed by atoms with Gasteiger partial charge in [-0.25, -0.2) is 4.98 Å². The lowest BCUT2D eigenvalue weighted by atomic mass is 10.0. The Hall–Kier alpha value is -1.55. The number of carbonyl (C=O) groups excluding carboxylic acids is 1. The van der Waals surface area contributed by atoms with Crippen molar-refractivity contribution in [1.82, 2.24) is 9.97 Å². The molecule has 0 aliphatic carbocycles. The van der Waals surface area contributed by atoms with Gasteiger partial charge in [-0.15, -0.1) is 0 Å². The molecule has 15 heavy (non-hydrogen) atoms. The molecule has 4 nitrogen and oxygen atoms in total. The molecule has 0 aliphatic heterocycles. The minimum Gasteiger partial charge on any atom is -0.366 e. The third-order valence-corrected chi connectivity index (χ3v) is 2.68. The Labute approximate surface area is 91.4 Å². The van der Waals surface area contributed by atoms with Gasteiger partial charge in [-0.3, -0.25) is 4.79 Å². The Kier molecular flexibility index (Phi) is 2.36. The number of H-pyrrole nitrogens is 1. The van der Waals surface area contributed by atoms with E-state index in [1.165, 1.54) is 6.20 Å². The Bertz CT molecular complexity index is 533. The summed E-state index contributed by atoms with van der Waals surface area (Å²) in [5.74, 6) is -0.474. The molecular weight excluding hydrogens is 214 g/mol. The number of nitrogens with one attached hydrogen (secondary N) is 1. The highest BCUT2D eigenvalue weighted by atomic mass is 35.5. The molecule has 0 bridgehead atoms. The van der Waals surface area contributed by atoms with E-state index in [0.717, 1.165) is 10.9 Å². The van der Waals surface area contributed by atoms with Gasteiger partial charge < -0.3 is 10.7 Å². The van der Waals surface area contributed by atoms with Gasteiger partial charge in [-0.2, -0.15) is 0 Å². The van der Waals surface area contributed by atoms with Gasteiger partial charge >= 0.3 is 0 Å². The first-order chi connectivity index (χ1) is 7.15. The molecule has 0 radical (unpaired) electrons. The van der Waals surface area contributed by atoms with Gasteiger partial charge in [0.2, 0.25) is 0 Å². The molecule has 5 heteroatoms. The molecule has 1 amide bonds. The summed E-state index contributed by atoms with van der Waals surface area (Å²) in [7, 11) is 0. The number of halogens is 1. The third kappa shape index (κ3) is 1.47. The van der Waals surface area contributed by atoms with E-state index in [2.05, 4.69) is 9.97 Å². The number of aromatic nitrogens is 2. The number of fused-ring (bicyclic) bond motifs is 1. The molecular formula is C10H10ClN3O. The zero-order valence-corrected chi connectivity index (χ0v) is 8.93. The molecule has 0 spiro atoms. The van der Waals surface area contributed by atoms with Gasteiger partial charge in [0, 0.05) is 17.8 Å². The lowest BCUT2D eigenvalue weighted by Crippen LogP contribution is -2.14. The molecule has 3 N–H and O–H groups in total. The second kappa shape index (κ2) is 3.55. The number of hydrogen-bond donors (Lipinski definition) is 2. The van der Waals surface area contributed by atoms with E-state index in [4.69, 9.17) is 17.3 Å². The largest absolute Gasteiger partial charge is 0.366 e. The van der Waals surface area contributed by atoms with E-state index >= 15 is 0 Å². The van der Waals surface area contributed by atoms with E-state index in [1.54, 1.807) is 6.20 Å². The van der Waals surface area contributed by atoms with Crippen LogP contribution in [0.5, 0.6) is 0 Å². The van der Waals surface area contributed by atoms with Crippen molar-refractivity contribution >= 4 is 28.5 Å². The number of hydrogen-bond acceptors (Lipinski definition) is 2. The van der Waals surface area contributed by atoms with Crippen molar-refractivity contribution < 1.29 is 4.79 Å². The van der Waals surface area contributed by atoms with Crippen LogP contribution in [-0.2, 0) is 6.42 Å². The fraction of sp³-hybridized carbons (Fsp3) is 0.200. The maximum absolute atomic E-state index is 11.2. The Morgan fingerprint density at radius 2 is 2.40 bits per heavy atom. The number of aromatic amines is 1. The Morgan fingerprint density at radius 3 is 3.00 bits per heavy atom. The summed E-state index contributed by atoms with van der Waals surface area (Å²) in [6.07, 6.45) is 3.83. The average molecular weight is 224 g/mol. The topological polar surface area (TPSA) is 71.8 Å². The molecule has 0 unspecified atom stereocenters. The smallest absolute Gasteiger partial charge is 0.250 e. The second-order valence-corrected chi connectivity index (χ2v) is 3.64. The monoisotopic (exact) mass is 223 g/mol. The van der Waals surface area contributed by atoms with E-state index in [0.29, 0.717) is 22.7 Å². The molecule has 0 aliphatic rings. The molecule has 0 saturated heterocycles. The average Bonchev–Trinajstić information content (AvgIpc) is 2.59. The highest BCUT2D eigenvalue weighted by molar-refractivity contribution is 6.35. The number of amides is 1. The molecule has 2 aromatic rings. The predicted octanol–water partition coefficient (Wildman–Crippen LogP) is 1.88. The van der Waals surface area contributed by atoms with E-state index in [-0.39, 0.29) is 0 Å². The van der Waals surface area contributed by atoms with Crippen LogP contribution in [0.1, 0.15) is 22.8 Å². The zero-order valence-electron chi connectivity index (χ0n) is 8.17. The van der Waals surface area contributed by atoms with Crippen LogP contribution in [0.15, 0.2) is 12.4 Å². The number of nitrogens with zero attached hydrogens (tertiary/aromatic N) is 1. The molecule has 0 saturated carbocycles. The summed E-state index contributed by atoms with van der Waals surface area (Å²) in [6.45, 7) is 1.95. The van der Waals surface area contributed by atoms with Crippen molar-refractivity contribution in [1.29, 1.82) is 0 Å². The van der Waals surface area contributed by atoms with Gasteiger partial charge in [0.1, 0.15) is 5.65 Å². The van der Waals surface area contributed by atoms with Crippen LogP contribution < -0.4 is 5.73 Å². The van der Waals surface area contributed by atoms with Gasteiger partial charge in [-0.05, 0) is 12.0 Å². The van der Waals surface area contributed by atoms with E-state index in [1.807, 2.05) is 6.92 Å². The van der Waals surface area contributed by atoms with Gasteiger partial charge in [0.25, 0.3) is 5.91 Å². The van der Waals surface area contributed by atoms with Crippen molar-refractivity contribution in [2.45, 2.75) is 13.3 Å². The van der Waals surface area contributed by atoms with E-state index < -0.39 is 5.91 Å². The minimum absolute atomic E-state index is 0.437. The fourth-order valence-corrected chi connectivity index (χ4v) is 1.96. The molecule has 0 fully saturated rings. The van der Waals surface area contributed by atoms with E-state index in [9.17, 15) is 4.79 Å². The molecule has 2 heterocycles. The first kappa shape index (κ1) is 9.98. The Morgan fingerprint density at radius 1 is 1.67 bits per heavy atom. The molecule has 78 valence electrons. The van der Waals surface area contributed by atoms with Crippen LogP contribution in [0.3, 0.4) is 0 Å². The standard InChI is InChI=1S/C10H10ClN3O/c1-2-5-6(9(12)15)3-13-10-8(5)7(11)4-14-10/h3-4H,2H2,1H3,(H2,12,15)(H,13,14). The van der Waals surface area contributed by atoms with Gasteiger partial charge in [0.05, 0.1) is 10.6 Å². The number of pyridine rings is 1. The van der Waals surface area contributed by atoms with Crippen LogP contribution in [0.2, 0.25) is 5.02 Å². The lowest BCUT2D eigenvalue weighted by molar-refractivity contribution is 0.0999. The number of aryl methyl sites for hydroxylation is 1. The number of rotatable bonds is 2. The molecule has 2 rings (SSSR count). The molecule has 0 aromatic carbocycles. The highest BCUT2D eigenvalue weighted by Crippen LogP contribution is 2.27. The van der Waals surface area contributed by atoms with Crippen LogP contribution >= 0.6 is 11.6 Å². The summed E-state index contributed by atoms with van der Waals surface area (Å²) in [6, 6.07) is 0. The van der Waals surface area contributed by atoms with Crippen LogP contribution in [-0.4, -0.2) is 15.9 Å². The number of primary amides is 1.